The summed E-state index contributed by atoms with van der Waals surface area (Å²) in [5, 5.41) is 10.3. The van der Waals surface area contributed by atoms with Crippen LogP contribution in [0.15, 0.2) is 36.5 Å². The molecule has 2 amide bonds. The van der Waals surface area contributed by atoms with Crippen molar-refractivity contribution < 1.29 is 9.59 Å². The molecule has 0 unspecified atom stereocenters. The average molecular weight is 432 g/mol. The maximum Gasteiger partial charge on any atom is 0.267 e. The molecule has 29 heavy (non-hydrogen) atoms. The van der Waals surface area contributed by atoms with Crippen molar-refractivity contribution in [1.82, 2.24) is 20.6 Å². The number of piperidine rings is 1. The van der Waals surface area contributed by atoms with E-state index in [2.05, 4.69) is 25.9 Å². The Balaban J connectivity index is 1.58. The van der Waals surface area contributed by atoms with Crippen molar-refractivity contribution >= 4 is 51.7 Å². The van der Waals surface area contributed by atoms with E-state index in [-0.39, 0.29) is 27.6 Å². The Bertz CT molecular complexity index is 1060. The lowest BCUT2D eigenvalue weighted by atomic mass is 10.1. The molecule has 1 aliphatic heterocycles. The summed E-state index contributed by atoms with van der Waals surface area (Å²) in [5.74, 6) is -0.628. The number of pyridine rings is 1. The molecule has 1 aliphatic rings. The average Bonchev–Trinajstić information content (AvgIpc) is 3.14. The predicted octanol–water partition coefficient (Wildman–Crippen LogP) is 3.60. The lowest BCUT2D eigenvalue weighted by molar-refractivity contribution is 0.0924. The van der Waals surface area contributed by atoms with Crippen LogP contribution in [0.1, 0.15) is 33.7 Å². The highest BCUT2D eigenvalue weighted by molar-refractivity contribution is 6.40. The highest BCUT2D eigenvalue weighted by atomic mass is 35.5. The number of carbonyl (C=O) groups excluding carboxylic acids is 2. The molecular formula is C20H19Cl2N5O2. The highest BCUT2D eigenvalue weighted by Gasteiger charge is 2.20. The monoisotopic (exact) mass is 431 g/mol. The quantitative estimate of drug-likeness (QED) is 0.506. The first-order valence-electron chi connectivity index (χ1n) is 9.27. The van der Waals surface area contributed by atoms with Crippen LogP contribution >= 0.6 is 23.2 Å². The Morgan fingerprint density at radius 1 is 1.07 bits per heavy atom. The molecule has 4 rings (SSSR count). The number of H-pyrrole nitrogens is 1. The summed E-state index contributed by atoms with van der Waals surface area (Å²) < 4.78 is 0. The molecule has 1 fully saturated rings. The zero-order valence-electron chi connectivity index (χ0n) is 15.4. The van der Waals surface area contributed by atoms with Crippen LogP contribution in [0.25, 0.3) is 11.0 Å². The molecular weight excluding hydrogens is 413 g/mol. The standard InChI is InChI=1S/C20H19Cl2N5O2/c21-13-2-1-3-14(22)17(13)20(29)27-15-6-9-24-18-12(15)10-16(26-18)19(28)25-11-4-7-23-8-5-11/h1-3,6,9-11,23H,4-5,7-8H2,(H,25,28)(H2,24,26,27,29). The second-order valence-electron chi connectivity index (χ2n) is 6.85. The number of nitrogens with one attached hydrogen (secondary N) is 4. The summed E-state index contributed by atoms with van der Waals surface area (Å²) in [7, 11) is 0. The van der Waals surface area contributed by atoms with Crippen LogP contribution in [0.2, 0.25) is 10.0 Å². The number of rotatable bonds is 4. The molecule has 2 aromatic heterocycles. The molecule has 3 heterocycles. The van der Waals surface area contributed by atoms with Gasteiger partial charge in [-0.05, 0) is 50.2 Å². The topological polar surface area (TPSA) is 98.9 Å². The molecule has 0 spiro atoms. The van der Waals surface area contributed by atoms with Crippen molar-refractivity contribution in [3.05, 3.63) is 57.8 Å². The number of hydrogen-bond acceptors (Lipinski definition) is 4. The fourth-order valence-corrected chi connectivity index (χ4v) is 3.96. The molecule has 0 aliphatic carbocycles. The van der Waals surface area contributed by atoms with Gasteiger partial charge in [-0.1, -0.05) is 29.3 Å². The highest BCUT2D eigenvalue weighted by Crippen LogP contribution is 2.28. The van der Waals surface area contributed by atoms with Gasteiger partial charge in [0.1, 0.15) is 11.3 Å². The SMILES string of the molecule is O=C(NC1CCNCC1)c1cc2c(NC(=O)c3c(Cl)cccc3Cl)ccnc2[nH]1. The number of aromatic nitrogens is 2. The van der Waals surface area contributed by atoms with Crippen molar-refractivity contribution in [3.63, 3.8) is 0 Å². The van der Waals surface area contributed by atoms with E-state index in [9.17, 15) is 9.59 Å². The van der Waals surface area contributed by atoms with Crippen molar-refractivity contribution in [2.24, 2.45) is 0 Å². The largest absolute Gasteiger partial charge is 0.348 e. The maximum absolute atomic E-state index is 12.7. The number of carbonyl (C=O) groups is 2. The van der Waals surface area contributed by atoms with E-state index in [1.165, 1.54) is 0 Å². The van der Waals surface area contributed by atoms with E-state index in [0.29, 0.717) is 22.4 Å². The number of fused-ring (bicyclic) bond motifs is 1. The van der Waals surface area contributed by atoms with E-state index >= 15 is 0 Å². The summed E-state index contributed by atoms with van der Waals surface area (Å²) in [6.07, 6.45) is 3.34. The minimum absolute atomic E-state index is 0.143. The van der Waals surface area contributed by atoms with Gasteiger partial charge >= 0.3 is 0 Å². The zero-order chi connectivity index (χ0) is 20.4. The number of aromatic amines is 1. The van der Waals surface area contributed by atoms with Crippen molar-refractivity contribution in [3.8, 4) is 0 Å². The normalized spacial score (nSPS) is 14.7. The number of amides is 2. The fraction of sp³-hybridized carbons (Fsp3) is 0.250. The second kappa shape index (κ2) is 8.41. The summed E-state index contributed by atoms with van der Waals surface area (Å²) >= 11 is 12.3. The molecule has 7 nitrogen and oxygen atoms in total. The van der Waals surface area contributed by atoms with Gasteiger partial charge in [-0.15, -0.1) is 0 Å². The van der Waals surface area contributed by atoms with Gasteiger partial charge in [0.15, 0.2) is 0 Å². The minimum Gasteiger partial charge on any atom is -0.348 e. The van der Waals surface area contributed by atoms with Gasteiger partial charge in [-0.2, -0.15) is 0 Å². The fourth-order valence-electron chi connectivity index (χ4n) is 3.39. The lowest BCUT2D eigenvalue weighted by Crippen LogP contribution is -2.42. The molecule has 9 heteroatoms. The van der Waals surface area contributed by atoms with E-state index in [0.717, 1.165) is 25.9 Å². The third-order valence-corrected chi connectivity index (χ3v) is 5.52. The van der Waals surface area contributed by atoms with Crippen LogP contribution in [-0.4, -0.2) is 40.9 Å². The Hall–Kier alpha value is -2.61. The molecule has 0 saturated carbocycles. The summed E-state index contributed by atoms with van der Waals surface area (Å²) in [4.78, 5) is 32.6. The van der Waals surface area contributed by atoms with Gasteiger partial charge in [-0.25, -0.2) is 4.98 Å². The summed E-state index contributed by atoms with van der Waals surface area (Å²) in [6.45, 7) is 1.78. The lowest BCUT2D eigenvalue weighted by Gasteiger charge is -2.23. The predicted molar refractivity (Wildman–Crippen MR) is 114 cm³/mol. The molecule has 0 atom stereocenters. The van der Waals surface area contributed by atoms with Gasteiger partial charge in [-0.3, -0.25) is 9.59 Å². The molecule has 3 aromatic rings. The van der Waals surface area contributed by atoms with Crippen LogP contribution in [0.4, 0.5) is 5.69 Å². The molecule has 0 bridgehead atoms. The first-order valence-corrected chi connectivity index (χ1v) is 10.0. The van der Waals surface area contributed by atoms with Crippen LogP contribution in [0, 0.1) is 0 Å². The van der Waals surface area contributed by atoms with Crippen molar-refractivity contribution in [1.29, 1.82) is 0 Å². The van der Waals surface area contributed by atoms with E-state index in [1.807, 2.05) is 0 Å². The minimum atomic E-state index is -0.435. The van der Waals surface area contributed by atoms with Crippen LogP contribution in [0.3, 0.4) is 0 Å². The molecule has 1 saturated heterocycles. The smallest absolute Gasteiger partial charge is 0.267 e. The molecule has 0 radical (unpaired) electrons. The third kappa shape index (κ3) is 4.22. The zero-order valence-corrected chi connectivity index (χ0v) is 16.9. The number of halogens is 2. The Kier molecular flexibility index (Phi) is 5.71. The number of hydrogen-bond donors (Lipinski definition) is 4. The molecule has 150 valence electrons. The van der Waals surface area contributed by atoms with Crippen LogP contribution in [-0.2, 0) is 0 Å². The third-order valence-electron chi connectivity index (χ3n) is 4.89. The van der Waals surface area contributed by atoms with Gasteiger partial charge in [0.2, 0.25) is 0 Å². The number of nitrogens with zero attached hydrogens (tertiary/aromatic N) is 1. The number of anilines is 1. The van der Waals surface area contributed by atoms with Gasteiger partial charge in [0.05, 0.1) is 21.3 Å². The van der Waals surface area contributed by atoms with E-state index in [4.69, 9.17) is 23.2 Å². The first-order chi connectivity index (χ1) is 14.0. The Labute approximate surface area is 177 Å². The molecule has 1 aromatic carbocycles. The summed E-state index contributed by atoms with van der Waals surface area (Å²) in [5.41, 5.74) is 1.60. The Morgan fingerprint density at radius 3 is 2.52 bits per heavy atom. The van der Waals surface area contributed by atoms with Crippen LogP contribution in [0.5, 0.6) is 0 Å². The number of benzene rings is 1. The summed E-state index contributed by atoms with van der Waals surface area (Å²) in [6, 6.07) is 8.36. The van der Waals surface area contributed by atoms with Crippen molar-refractivity contribution in [2.45, 2.75) is 18.9 Å². The van der Waals surface area contributed by atoms with E-state index in [1.54, 1.807) is 36.5 Å². The van der Waals surface area contributed by atoms with Gasteiger partial charge in [0, 0.05) is 17.6 Å². The Morgan fingerprint density at radius 2 is 1.79 bits per heavy atom. The second-order valence-corrected chi connectivity index (χ2v) is 7.67. The molecule has 4 N–H and O–H groups in total. The first kappa shape index (κ1) is 19.7. The maximum atomic E-state index is 12.7. The van der Waals surface area contributed by atoms with Crippen LogP contribution < -0.4 is 16.0 Å². The van der Waals surface area contributed by atoms with E-state index < -0.39 is 5.91 Å². The van der Waals surface area contributed by atoms with Crippen molar-refractivity contribution in [2.75, 3.05) is 18.4 Å². The van der Waals surface area contributed by atoms with Gasteiger partial charge < -0.3 is 20.9 Å². The van der Waals surface area contributed by atoms with Gasteiger partial charge in [0.25, 0.3) is 11.8 Å².